The Morgan fingerprint density at radius 1 is 0.967 bits per heavy atom. The van der Waals surface area contributed by atoms with Gasteiger partial charge in [0, 0.05) is 6.54 Å². The lowest BCUT2D eigenvalue weighted by Crippen LogP contribution is -2.38. The number of nitrogens with one attached hydrogen (secondary N) is 3. The topological polar surface area (TPSA) is 165 Å². The van der Waals surface area contributed by atoms with E-state index in [1.807, 2.05) is 0 Å². The monoisotopic (exact) mass is 423 g/mol. The Balaban J connectivity index is 2.57. The molecule has 0 unspecified atom stereocenters. The molecule has 0 spiro atoms. The third-order valence-electron chi connectivity index (χ3n) is 3.06. The van der Waals surface area contributed by atoms with Crippen LogP contribution in [0.2, 0.25) is 0 Å². The fourth-order valence-electron chi connectivity index (χ4n) is 2.02. The Morgan fingerprint density at radius 3 is 2.03 bits per heavy atom. The second-order valence-electron chi connectivity index (χ2n) is 8.31. The molecule has 0 aliphatic rings. The molecule has 0 aliphatic heterocycles. The first-order chi connectivity index (χ1) is 13.7. The number of rotatable bonds is 5. The number of aliphatic imine (C=N–C) groups is 1. The molecule has 3 amide bonds. The van der Waals surface area contributed by atoms with Crippen molar-refractivity contribution in [3.8, 4) is 0 Å². The maximum Gasteiger partial charge on any atom is 0.437 e. The fraction of sp³-hybridized carbons (Fsp3) is 0.526. The number of nitrogens with zero attached hydrogens (tertiary/aromatic N) is 1. The number of esters is 1. The van der Waals surface area contributed by atoms with E-state index in [1.54, 1.807) is 41.5 Å². The number of carbonyl (C=O) groups is 4. The predicted octanol–water partition coefficient (Wildman–Crippen LogP) is 1.46. The highest BCUT2D eigenvalue weighted by molar-refractivity contribution is 6.07. The van der Waals surface area contributed by atoms with E-state index in [4.69, 9.17) is 15.2 Å². The first kappa shape index (κ1) is 24.7. The van der Waals surface area contributed by atoms with Crippen LogP contribution in [-0.4, -0.2) is 52.6 Å². The van der Waals surface area contributed by atoms with Crippen LogP contribution >= 0.6 is 0 Å². The van der Waals surface area contributed by atoms with Crippen molar-refractivity contribution in [3.05, 3.63) is 23.5 Å². The average molecular weight is 423 g/mol. The molecule has 1 aromatic heterocycles. The van der Waals surface area contributed by atoms with Gasteiger partial charge in [0.15, 0.2) is 0 Å². The van der Waals surface area contributed by atoms with Gasteiger partial charge in [-0.05, 0) is 53.7 Å². The van der Waals surface area contributed by atoms with Gasteiger partial charge in [0.25, 0.3) is 11.8 Å². The number of amides is 3. The summed E-state index contributed by atoms with van der Waals surface area (Å²) in [7, 11) is 0. The Morgan fingerprint density at radius 2 is 1.50 bits per heavy atom. The van der Waals surface area contributed by atoms with Crippen molar-refractivity contribution in [1.82, 2.24) is 15.6 Å². The number of hydrogen-bond acceptors (Lipinski definition) is 6. The summed E-state index contributed by atoms with van der Waals surface area (Å²) in [4.78, 5) is 53.5. The third-order valence-corrected chi connectivity index (χ3v) is 3.06. The molecule has 166 valence electrons. The standard InChI is InChI=1S/C19H29N5O6/c1-18(2,3)29-13(25)9-10-21-14(26)11-7-8-12(22-11)15(27)23-16(20)24-17(28)30-19(4,5)6/h7-8,22H,9-10H2,1-6H3,(H,21,26)(H3,20,23,24,27,28). The summed E-state index contributed by atoms with van der Waals surface area (Å²) in [5.74, 6) is -2.10. The minimum absolute atomic E-state index is 0.00866. The Kier molecular flexibility index (Phi) is 8.14. The average Bonchev–Trinajstić information content (AvgIpc) is 3.00. The smallest absolute Gasteiger partial charge is 0.437 e. The first-order valence-corrected chi connectivity index (χ1v) is 9.24. The van der Waals surface area contributed by atoms with E-state index in [9.17, 15) is 19.2 Å². The maximum atomic E-state index is 12.1. The van der Waals surface area contributed by atoms with Gasteiger partial charge in [0.05, 0.1) is 6.42 Å². The molecular weight excluding hydrogens is 394 g/mol. The lowest BCUT2D eigenvalue weighted by molar-refractivity contribution is -0.154. The zero-order valence-corrected chi connectivity index (χ0v) is 18.0. The number of aromatic nitrogens is 1. The van der Waals surface area contributed by atoms with Gasteiger partial charge in [0.1, 0.15) is 22.6 Å². The summed E-state index contributed by atoms with van der Waals surface area (Å²) < 4.78 is 10.1. The molecule has 0 fully saturated rings. The molecule has 11 heteroatoms. The van der Waals surface area contributed by atoms with Crippen molar-refractivity contribution in [3.63, 3.8) is 0 Å². The number of H-pyrrole nitrogens is 1. The largest absolute Gasteiger partial charge is 0.460 e. The predicted molar refractivity (Wildman–Crippen MR) is 109 cm³/mol. The number of nitrogens with two attached hydrogens (primary N) is 1. The number of guanidine groups is 1. The van der Waals surface area contributed by atoms with Crippen LogP contribution in [0.15, 0.2) is 17.1 Å². The maximum absolute atomic E-state index is 12.1. The van der Waals surface area contributed by atoms with Crippen LogP contribution in [0.5, 0.6) is 0 Å². The molecule has 30 heavy (non-hydrogen) atoms. The van der Waals surface area contributed by atoms with Crippen LogP contribution in [0.4, 0.5) is 4.79 Å². The highest BCUT2D eigenvalue weighted by Gasteiger charge is 2.18. The highest BCUT2D eigenvalue weighted by Crippen LogP contribution is 2.09. The van der Waals surface area contributed by atoms with Crippen LogP contribution in [0.25, 0.3) is 0 Å². The number of hydrogen-bond donors (Lipinski definition) is 4. The second-order valence-corrected chi connectivity index (χ2v) is 8.31. The summed E-state index contributed by atoms with van der Waals surface area (Å²) in [5, 5.41) is 4.75. The van der Waals surface area contributed by atoms with E-state index in [0.717, 1.165) is 0 Å². The Hall–Kier alpha value is -3.37. The van der Waals surface area contributed by atoms with Crippen LogP contribution in [0, 0.1) is 0 Å². The van der Waals surface area contributed by atoms with E-state index in [1.165, 1.54) is 12.1 Å². The van der Waals surface area contributed by atoms with Gasteiger partial charge in [-0.2, -0.15) is 0 Å². The zero-order chi connectivity index (χ0) is 23.1. The Bertz CT molecular complexity index is 829. The molecular formula is C19H29N5O6. The molecule has 0 aromatic carbocycles. The minimum Gasteiger partial charge on any atom is -0.460 e. The lowest BCUT2D eigenvalue weighted by atomic mass is 10.2. The quantitative estimate of drug-likeness (QED) is 0.316. The lowest BCUT2D eigenvalue weighted by Gasteiger charge is -2.19. The van der Waals surface area contributed by atoms with Crippen molar-refractivity contribution < 1.29 is 28.7 Å². The molecule has 5 N–H and O–H groups in total. The summed E-state index contributed by atoms with van der Waals surface area (Å²) in [6.07, 6.45) is -0.939. The summed E-state index contributed by atoms with van der Waals surface area (Å²) in [6.45, 7) is 10.3. The van der Waals surface area contributed by atoms with Gasteiger partial charge in [-0.25, -0.2) is 4.79 Å². The van der Waals surface area contributed by atoms with E-state index in [-0.39, 0.29) is 24.4 Å². The van der Waals surface area contributed by atoms with Gasteiger partial charge < -0.3 is 25.5 Å². The SMILES string of the molecule is CC(C)(C)OC(=O)CCNC(=O)c1ccc(C(=O)N/C(N)=N/C(=O)OC(C)(C)C)[nH]1. The first-order valence-electron chi connectivity index (χ1n) is 9.24. The van der Waals surface area contributed by atoms with E-state index in [0.29, 0.717) is 0 Å². The molecule has 0 saturated heterocycles. The molecule has 1 rings (SSSR count). The van der Waals surface area contributed by atoms with Crippen molar-refractivity contribution in [2.75, 3.05) is 6.54 Å². The molecule has 0 radical (unpaired) electrons. The minimum atomic E-state index is -0.947. The molecule has 1 heterocycles. The summed E-state index contributed by atoms with van der Waals surface area (Å²) in [6, 6.07) is 2.75. The zero-order valence-electron chi connectivity index (χ0n) is 18.0. The summed E-state index contributed by atoms with van der Waals surface area (Å²) in [5.41, 5.74) is 4.29. The molecule has 0 aliphatic carbocycles. The molecule has 0 bridgehead atoms. The molecule has 0 atom stereocenters. The number of aromatic amines is 1. The number of carbonyl (C=O) groups excluding carboxylic acids is 4. The Labute approximate surface area is 174 Å². The third kappa shape index (κ3) is 9.71. The van der Waals surface area contributed by atoms with Crippen molar-refractivity contribution in [1.29, 1.82) is 0 Å². The fourth-order valence-corrected chi connectivity index (χ4v) is 2.02. The summed E-state index contributed by atoms with van der Waals surface area (Å²) >= 11 is 0. The van der Waals surface area contributed by atoms with Gasteiger partial charge in [-0.15, -0.1) is 4.99 Å². The highest BCUT2D eigenvalue weighted by atomic mass is 16.6. The van der Waals surface area contributed by atoms with Gasteiger partial charge in [-0.3, -0.25) is 19.7 Å². The molecule has 0 saturated carbocycles. The van der Waals surface area contributed by atoms with Crippen molar-refractivity contribution in [2.45, 2.75) is 59.2 Å². The van der Waals surface area contributed by atoms with Gasteiger partial charge in [-0.1, -0.05) is 0 Å². The van der Waals surface area contributed by atoms with Crippen molar-refractivity contribution >= 4 is 29.8 Å². The van der Waals surface area contributed by atoms with Crippen molar-refractivity contribution in [2.24, 2.45) is 10.7 Å². The van der Waals surface area contributed by atoms with Gasteiger partial charge >= 0.3 is 12.1 Å². The van der Waals surface area contributed by atoms with Crippen LogP contribution < -0.4 is 16.4 Å². The van der Waals surface area contributed by atoms with Crippen LogP contribution in [0.3, 0.4) is 0 Å². The second kappa shape index (κ2) is 9.90. The van der Waals surface area contributed by atoms with E-state index < -0.39 is 41.0 Å². The normalized spacial score (nSPS) is 12.1. The molecule has 11 nitrogen and oxygen atoms in total. The van der Waals surface area contributed by atoms with Gasteiger partial charge in [0.2, 0.25) is 5.96 Å². The number of ether oxygens (including phenoxy) is 2. The van der Waals surface area contributed by atoms with Crippen LogP contribution in [0.1, 0.15) is 68.9 Å². The molecule has 1 aromatic rings. The van der Waals surface area contributed by atoms with E-state index in [2.05, 4.69) is 20.6 Å². The van der Waals surface area contributed by atoms with E-state index >= 15 is 0 Å². The van der Waals surface area contributed by atoms with Crippen LogP contribution in [-0.2, 0) is 14.3 Å².